The predicted octanol–water partition coefficient (Wildman–Crippen LogP) is 4.38. The number of hydrogen-bond acceptors (Lipinski definition) is 3. The zero-order valence-electron chi connectivity index (χ0n) is 16.6. The summed E-state index contributed by atoms with van der Waals surface area (Å²) >= 11 is 0. The molecule has 2 aromatic carbocycles. The monoisotopic (exact) mass is 412 g/mol. The van der Waals surface area contributed by atoms with Crippen LogP contribution < -0.4 is 9.62 Å². The van der Waals surface area contributed by atoms with Crippen molar-refractivity contribution in [2.45, 2.75) is 37.0 Å². The Morgan fingerprint density at radius 2 is 1.79 bits per heavy atom. The van der Waals surface area contributed by atoms with E-state index in [-0.39, 0.29) is 17.3 Å². The number of amides is 1. The van der Waals surface area contributed by atoms with Gasteiger partial charge in [-0.05, 0) is 49.1 Å². The van der Waals surface area contributed by atoms with Crippen LogP contribution in [0.4, 0.5) is 5.69 Å². The van der Waals surface area contributed by atoms with Gasteiger partial charge in [0.1, 0.15) is 0 Å². The fourth-order valence-corrected chi connectivity index (χ4v) is 5.19. The van der Waals surface area contributed by atoms with Gasteiger partial charge in [0.2, 0.25) is 0 Å². The third kappa shape index (κ3) is 5.26. The molecular formula is C23H28N2O3S. The molecule has 154 valence electrons. The first-order chi connectivity index (χ1) is 14.0. The van der Waals surface area contributed by atoms with E-state index in [9.17, 15) is 13.2 Å². The molecule has 1 amide bonds. The molecule has 6 heteroatoms. The number of hydrogen-bond donors (Lipinski definition) is 1. The van der Waals surface area contributed by atoms with E-state index < -0.39 is 10.0 Å². The van der Waals surface area contributed by atoms with Gasteiger partial charge < -0.3 is 5.32 Å². The molecule has 0 unspecified atom stereocenters. The summed E-state index contributed by atoms with van der Waals surface area (Å²) in [5.74, 6) is 0.281. The maximum atomic E-state index is 13.2. The number of benzene rings is 2. The van der Waals surface area contributed by atoms with Crippen molar-refractivity contribution < 1.29 is 13.2 Å². The highest BCUT2D eigenvalue weighted by Gasteiger charge is 2.25. The summed E-state index contributed by atoms with van der Waals surface area (Å²) in [5.41, 5.74) is 0.910. The number of anilines is 1. The Hall–Kier alpha value is -2.60. The smallest absolute Gasteiger partial charge is 0.264 e. The van der Waals surface area contributed by atoms with Gasteiger partial charge in [-0.25, -0.2) is 8.42 Å². The fraction of sp³-hybridized carbons (Fsp3) is 0.348. The van der Waals surface area contributed by atoms with Crippen LogP contribution in [0.1, 0.15) is 42.5 Å². The lowest BCUT2D eigenvalue weighted by molar-refractivity contribution is 0.0943. The second-order valence-corrected chi connectivity index (χ2v) is 9.26. The number of para-hydroxylation sites is 1. The summed E-state index contributed by atoms with van der Waals surface area (Å²) in [4.78, 5) is 12.7. The number of rotatable bonds is 8. The molecule has 2 aromatic rings. The molecule has 29 heavy (non-hydrogen) atoms. The van der Waals surface area contributed by atoms with Crippen molar-refractivity contribution in [2.24, 2.45) is 5.92 Å². The minimum atomic E-state index is -3.83. The van der Waals surface area contributed by atoms with Crippen molar-refractivity contribution in [1.29, 1.82) is 0 Å². The van der Waals surface area contributed by atoms with E-state index in [4.69, 9.17) is 0 Å². The van der Waals surface area contributed by atoms with E-state index in [1.165, 1.54) is 35.7 Å². The molecular weight excluding hydrogens is 384 g/mol. The molecule has 3 rings (SSSR count). The summed E-state index contributed by atoms with van der Waals surface area (Å²) in [6, 6.07) is 15.1. The normalized spacial score (nSPS) is 14.9. The van der Waals surface area contributed by atoms with Gasteiger partial charge in [0.25, 0.3) is 15.9 Å². The standard InChI is InChI=1S/C23H28N2O3S/c1-2-16-25(21-13-7-4-8-14-21)29(27,28)22-15-9-12-20(17-22)23(26)24-18-19-10-5-3-6-11-19/h2,4,7-9,12-15,17,19H,1,3,5-6,10-11,16,18H2,(H,24,26). The van der Waals surface area contributed by atoms with Gasteiger partial charge in [-0.2, -0.15) is 0 Å². The maximum Gasteiger partial charge on any atom is 0.264 e. The van der Waals surface area contributed by atoms with Gasteiger partial charge in [0.15, 0.2) is 0 Å². The van der Waals surface area contributed by atoms with Crippen molar-refractivity contribution in [1.82, 2.24) is 5.32 Å². The number of nitrogens with one attached hydrogen (secondary N) is 1. The molecule has 0 aliphatic heterocycles. The van der Waals surface area contributed by atoms with Crippen molar-refractivity contribution in [3.05, 3.63) is 72.8 Å². The number of carbonyl (C=O) groups excluding carboxylic acids is 1. The molecule has 0 heterocycles. The van der Waals surface area contributed by atoms with E-state index in [0.29, 0.717) is 23.7 Å². The zero-order chi connectivity index (χ0) is 20.7. The molecule has 1 saturated carbocycles. The summed E-state index contributed by atoms with van der Waals surface area (Å²) in [6.45, 7) is 4.46. The average Bonchev–Trinajstić information content (AvgIpc) is 2.77. The Labute approximate surface area is 173 Å². The van der Waals surface area contributed by atoms with Gasteiger partial charge in [-0.3, -0.25) is 9.10 Å². The van der Waals surface area contributed by atoms with Crippen molar-refractivity contribution in [2.75, 3.05) is 17.4 Å². The van der Waals surface area contributed by atoms with Crippen LogP contribution in [0.2, 0.25) is 0 Å². The summed E-state index contributed by atoms with van der Waals surface area (Å²) in [7, 11) is -3.83. The minimum Gasteiger partial charge on any atom is -0.352 e. The van der Waals surface area contributed by atoms with E-state index in [1.54, 1.807) is 42.5 Å². The van der Waals surface area contributed by atoms with Gasteiger partial charge in [-0.15, -0.1) is 6.58 Å². The lowest BCUT2D eigenvalue weighted by Gasteiger charge is -2.23. The molecule has 1 aliphatic rings. The third-order valence-electron chi connectivity index (χ3n) is 5.30. The first kappa shape index (κ1) is 21.1. The van der Waals surface area contributed by atoms with Crippen molar-refractivity contribution in [3.8, 4) is 0 Å². The largest absolute Gasteiger partial charge is 0.352 e. The molecule has 1 N–H and O–H groups in total. The van der Waals surface area contributed by atoms with Gasteiger partial charge >= 0.3 is 0 Å². The van der Waals surface area contributed by atoms with Crippen LogP contribution in [0.15, 0.2) is 72.1 Å². The first-order valence-corrected chi connectivity index (χ1v) is 11.5. The fourth-order valence-electron chi connectivity index (χ4n) is 3.71. The molecule has 0 saturated heterocycles. The zero-order valence-corrected chi connectivity index (χ0v) is 17.4. The SMILES string of the molecule is C=CCN(c1ccccc1)S(=O)(=O)c1cccc(C(=O)NCC2CCCCC2)c1. The van der Waals surface area contributed by atoms with Crippen molar-refractivity contribution >= 4 is 21.6 Å². The number of carbonyl (C=O) groups is 1. The molecule has 1 aliphatic carbocycles. The van der Waals surface area contributed by atoms with Crippen LogP contribution in [0.3, 0.4) is 0 Å². The molecule has 1 fully saturated rings. The van der Waals surface area contributed by atoms with Gasteiger partial charge in [0, 0.05) is 12.1 Å². The van der Waals surface area contributed by atoms with Crippen LogP contribution in [0, 0.1) is 5.92 Å². The molecule has 0 radical (unpaired) electrons. The Balaban J connectivity index is 1.79. The molecule has 0 bridgehead atoms. The average molecular weight is 413 g/mol. The van der Waals surface area contributed by atoms with Crippen LogP contribution in [0.5, 0.6) is 0 Å². The minimum absolute atomic E-state index is 0.0912. The number of nitrogens with zero attached hydrogens (tertiary/aromatic N) is 1. The first-order valence-electron chi connectivity index (χ1n) is 10.1. The van der Waals surface area contributed by atoms with Crippen LogP contribution in [-0.2, 0) is 10.0 Å². The van der Waals surface area contributed by atoms with E-state index in [0.717, 1.165) is 12.8 Å². The maximum absolute atomic E-state index is 13.2. The van der Waals surface area contributed by atoms with E-state index >= 15 is 0 Å². The lowest BCUT2D eigenvalue weighted by atomic mass is 9.89. The van der Waals surface area contributed by atoms with E-state index in [2.05, 4.69) is 11.9 Å². The third-order valence-corrected chi connectivity index (χ3v) is 7.09. The van der Waals surface area contributed by atoms with Crippen LogP contribution in [-0.4, -0.2) is 27.4 Å². The second kappa shape index (κ2) is 9.74. The highest BCUT2D eigenvalue weighted by Crippen LogP contribution is 2.25. The summed E-state index contributed by atoms with van der Waals surface area (Å²) in [6.07, 6.45) is 7.53. The number of sulfonamides is 1. The molecule has 0 spiro atoms. The Bertz CT molecular complexity index is 936. The van der Waals surface area contributed by atoms with Crippen molar-refractivity contribution in [3.63, 3.8) is 0 Å². The Kier molecular flexibility index (Phi) is 7.09. The highest BCUT2D eigenvalue weighted by atomic mass is 32.2. The van der Waals surface area contributed by atoms with E-state index in [1.807, 2.05) is 6.07 Å². The van der Waals surface area contributed by atoms with Crippen LogP contribution >= 0.6 is 0 Å². The second-order valence-electron chi connectivity index (χ2n) is 7.40. The highest BCUT2D eigenvalue weighted by molar-refractivity contribution is 7.92. The lowest BCUT2D eigenvalue weighted by Crippen LogP contribution is -2.32. The molecule has 0 aromatic heterocycles. The van der Waals surface area contributed by atoms with Gasteiger partial charge in [-0.1, -0.05) is 49.6 Å². The summed E-state index contributed by atoms with van der Waals surface area (Å²) < 4.78 is 27.8. The summed E-state index contributed by atoms with van der Waals surface area (Å²) in [5, 5.41) is 2.97. The Morgan fingerprint density at radius 1 is 1.07 bits per heavy atom. The van der Waals surface area contributed by atoms with Gasteiger partial charge in [0.05, 0.1) is 17.1 Å². The molecule has 0 atom stereocenters. The molecule has 5 nitrogen and oxygen atoms in total. The quantitative estimate of drug-likeness (QED) is 0.655. The topological polar surface area (TPSA) is 66.5 Å². The predicted molar refractivity (Wildman–Crippen MR) is 117 cm³/mol. The Morgan fingerprint density at radius 3 is 2.48 bits per heavy atom. The van der Waals surface area contributed by atoms with Crippen LogP contribution in [0.25, 0.3) is 0 Å².